The lowest BCUT2D eigenvalue weighted by Crippen LogP contribution is -2.53. The fraction of sp³-hybridized carbons (Fsp3) is 0.318. The van der Waals surface area contributed by atoms with Crippen molar-refractivity contribution in [3.63, 3.8) is 0 Å². The van der Waals surface area contributed by atoms with Gasteiger partial charge in [-0.25, -0.2) is 9.18 Å². The molecular weight excluding hydrogens is 375 g/mol. The number of amides is 2. The Kier molecular flexibility index (Phi) is 4.70. The maximum absolute atomic E-state index is 13.5. The first-order valence-corrected chi connectivity index (χ1v) is 9.49. The number of nitrogens with zero attached hydrogens (tertiary/aromatic N) is 1. The number of hydrogen-bond donors (Lipinski definition) is 1. The molecule has 1 N–H and O–H groups in total. The molecule has 0 unspecified atom stereocenters. The van der Waals surface area contributed by atoms with Gasteiger partial charge in [-0.15, -0.1) is 0 Å². The van der Waals surface area contributed by atoms with Gasteiger partial charge in [-0.3, -0.25) is 19.8 Å². The summed E-state index contributed by atoms with van der Waals surface area (Å²) in [6.07, 6.45) is 0. The highest BCUT2D eigenvalue weighted by molar-refractivity contribution is 6.09. The van der Waals surface area contributed by atoms with E-state index in [0.29, 0.717) is 11.1 Å². The number of likely N-dealkylation sites (tertiary alicyclic amines) is 1. The van der Waals surface area contributed by atoms with Crippen LogP contribution in [0.5, 0.6) is 0 Å². The highest BCUT2D eigenvalue weighted by Crippen LogP contribution is 2.53. The summed E-state index contributed by atoms with van der Waals surface area (Å²) in [6, 6.07) is 13.9. The maximum Gasteiger partial charge on any atom is 0.331 e. The molecule has 0 bridgehead atoms. The van der Waals surface area contributed by atoms with Gasteiger partial charge in [-0.2, -0.15) is 0 Å². The third kappa shape index (κ3) is 2.76. The van der Waals surface area contributed by atoms with E-state index in [1.54, 1.807) is 49.4 Å². The van der Waals surface area contributed by atoms with Crippen LogP contribution in [0.3, 0.4) is 0 Å². The van der Waals surface area contributed by atoms with Crippen molar-refractivity contribution >= 4 is 17.8 Å². The Morgan fingerprint density at radius 2 is 1.76 bits per heavy atom. The highest BCUT2D eigenvalue weighted by Gasteiger charge is 2.69. The number of benzene rings is 2. The van der Waals surface area contributed by atoms with E-state index in [2.05, 4.69) is 5.32 Å². The largest absolute Gasteiger partial charge is 0.464 e. The normalized spacial score (nSPS) is 28.5. The van der Waals surface area contributed by atoms with E-state index in [4.69, 9.17) is 4.74 Å². The van der Waals surface area contributed by atoms with Crippen LogP contribution in [0, 0.1) is 17.7 Å². The van der Waals surface area contributed by atoms with E-state index in [0.717, 1.165) is 4.90 Å². The van der Waals surface area contributed by atoms with Gasteiger partial charge in [0.25, 0.3) is 0 Å². The Labute approximate surface area is 167 Å². The van der Waals surface area contributed by atoms with Crippen LogP contribution in [-0.4, -0.2) is 36.3 Å². The summed E-state index contributed by atoms with van der Waals surface area (Å²) in [6.45, 7) is 1.82. The number of esters is 1. The molecule has 2 heterocycles. The molecule has 2 aliphatic rings. The van der Waals surface area contributed by atoms with Crippen molar-refractivity contribution < 1.29 is 23.5 Å². The lowest BCUT2D eigenvalue weighted by Gasteiger charge is -2.33. The molecule has 2 aromatic carbocycles. The Bertz CT molecular complexity index is 963. The molecule has 29 heavy (non-hydrogen) atoms. The molecule has 0 saturated carbocycles. The first-order chi connectivity index (χ1) is 13.9. The van der Waals surface area contributed by atoms with Crippen molar-refractivity contribution in [3.05, 3.63) is 71.5 Å². The van der Waals surface area contributed by atoms with Gasteiger partial charge in [0, 0.05) is 13.1 Å². The number of rotatable bonds is 4. The molecule has 2 aromatic rings. The summed E-state index contributed by atoms with van der Waals surface area (Å²) in [5.41, 5.74) is -0.340. The second kappa shape index (κ2) is 7.08. The topological polar surface area (TPSA) is 75.7 Å². The minimum absolute atomic E-state index is 0.131. The lowest BCUT2D eigenvalue weighted by atomic mass is 9.75. The molecule has 6 nitrogen and oxygen atoms in total. The van der Waals surface area contributed by atoms with Crippen LogP contribution in [0.25, 0.3) is 0 Å². The molecule has 2 aliphatic heterocycles. The average molecular weight is 396 g/mol. The van der Waals surface area contributed by atoms with Crippen molar-refractivity contribution in [1.82, 2.24) is 10.2 Å². The minimum atomic E-state index is -1.52. The van der Waals surface area contributed by atoms with Gasteiger partial charge in [0.05, 0.1) is 18.4 Å². The zero-order chi connectivity index (χ0) is 20.8. The van der Waals surface area contributed by atoms with Crippen LogP contribution < -0.4 is 5.32 Å². The Hall–Kier alpha value is -3.06. The van der Waals surface area contributed by atoms with E-state index in [1.165, 1.54) is 19.2 Å². The molecule has 2 fully saturated rings. The number of fused-ring (bicyclic) bond motifs is 1. The van der Waals surface area contributed by atoms with Crippen LogP contribution in [0.4, 0.5) is 4.39 Å². The quantitative estimate of drug-likeness (QED) is 0.633. The van der Waals surface area contributed by atoms with Gasteiger partial charge < -0.3 is 4.74 Å². The van der Waals surface area contributed by atoms with Gasteiger partial charge >= 0.3 is 5.97 Å². The summed E-state index contributed by atoms with van der Waals surface area (Å²) >= 11 is 0. The average Bonchev–Trinajstić information content (AvgIpc) is 3.20. The van der Waals surface area contributed by atoms with Gasteiger partial charge in [0.15, 0.2) is 5.54 Å². The van der Waals surface area contributed by atoms with Gasteiger partial charge in [0.1, 0.15) is 5.82 Å². The number of hydrogen-bond acceptors (Lipinski definition) is 5. The fourth-order valence-electron chi connectivity index (χ4n) is 4.52. The number of carbonyl (C=O) groups excluding carboxylic acids is 3. The fourth-order valence-corrected chi connectivity index (χ4v) is 4.52. The van der Waals surface area contributed by atoms with Crippen molar-refractivity contribution in [2.45, 2.75) is 18.5 Å². The molecule has 4 rings (SSSR count). The van der Waals surface area contributed by atoms with E-state index >= 15 is 0 Å². The third-order valence-corrected chi connectivity index (χ3v) is 5.84. The van der Waals surface area contributed by atoms with E-state index in [-0.39, 0.29) is 12.5 Å². The highest BCUT2D eigenvalue weighted by atomic mass is 19.1. The summed E-state index contributed by atoms with van der Waals surface area (Å²) in [5.74, 6) is -3.59. The number of ether oxygens (including phenoxy) is 1. The van der Waals surface area contributed by atoms with Gasteiger partial charge in [0.2, 0.25) is 11.8 Å². The van der Waals surface area contributed by atoms with Crippen LogP contribution in [0.2, 0.25) is 0 Å². The lowest BCUT2D eigenvalue weighted by molar-refractivity contribution is -0.156. The predicted octanol–water partition coefficient (Wildman–Crippen LogP) is 2.16. The molecule has 0 aliphatic carbocycles. The number of carbonyl (C=O) groups is 3. The molecule has 4 atom stereocenters. The first kappa shape index (κ1) is 19.3. The molecule has 7 heteroatoms. The number of imide groups is 1. The van der Waals surface area contributed by atoms with Gasteiger partial charge in [-0.1, -0.05) is 42.5 Å². The van der Waals surface area contributed by atoms with Crippen LogP contribution in [0.15, 0.2) is 54.6 Å². The van der Waals surface area contributed by atoms with Crippen molar-refractivity contribution in [3.8, 4) is 0 Å². The van der Waals surface area contributed by atoms with Crippen molar-refractivity contribution in [2.75, 3.05) is 13.7 Å². The molecular formula is C22H21FN2O4. The second-order valence-electron chi connectivity index (χ2n) is 7.31. The molecule has 0 radical (unpaired) electrons. The minimum Gasteiger partial charge on any atom is -0.464 e. The summed E-state index contributed by atoms with van der Waals surface area (Å²) in [5, 5.41) is 3.26. The Balaban J connectivity index is 1.93. The molecule has 0 aromatic heterocycles. The van der Waals surface area contributed by atoms with Crippen LogP contribution in [0.1, 0.15) is 24.1 Å². The summed E-state index contributed by atoms with van der Waals surface area (Å²) in [4.78, 5) is 40.5. The SMILES string of the molecule is CCOC(=O)[C@]1(c2ccccc2)N[C@@H](c2ccc(F)cc2)[C@H]2C(=O)N(C)C(=O)[C@H]21. The third-order valence-electron chi connectivity index (χ3n) is 5.84. The number of halogens is 1. The smallest absolute Gasteiger partial charge is 0.331 e. The Morgan fingerprint density at radius 3 is 2.38 bits per heavy atom. The molecule has 150 valence electrons. The zero-order valence-corrected chi connectivity index (χ0v) is 16.1. The van der Waals surface area contributed by atoms with E-state index in [9.17, 15) is 18.8 Å². The van der Waals surface area contributed by atoms with Crippen molar-refractivity contribution in [1.29, 1.82) is 0 Å². The first-order valence-electron chi connectivity index (χ1n) is 9.49. The summed E-state index contributed by atoms with van der Waals surface area (Å²) in [7, 11) is 1.42. The van der Waals surface area contributed by atoms with E-state index < -0.39 is 41.1 Å². The standard InChI is InChI=1S/C22H21FN2O4/c1-3-29-21(28)22(14-7-5-4-6-8-14)17-16(19(26)25(2)20(17)27)18(24-22)13-9-11-15(23)12-10-13/h4-12,16-18,24H,3H2,1-2H3/t16-,17-,18-,22+/m0/s1. The maximum atomic E-state index is 13.5. The molecule has 2 saturated heterocycles. The van der Waals surface area contributed by atoms with E-state index in [1.807, 2.05) is 0 Å². The zero-order valence-electron chi connectivity index (χ0n) is 16.1. The second-order valence-corrected chi connectivity index (χ2v) is 7.31. The number of nitrogens with one attached hydrogen (secondary N) is 1. The molecule has 0 spiro atoms. The van der Waals surface area contributed by atoms with Crippen LogP contribution >= 0.6 is 0 Å². The Morgan fingerprint density at radius 1 is 1.10 bits per heavy atom. The molecule has 2 amide bonds. The van der Waals surface area contributed by atoms with Crippen molar-refractivity contribution in [2.24, 2.45) is 11.8 Å². The van der Waals surface area contributed by atoms with Crippen LogP contribution in [-0.2, 0) is 24.7 Å². The van der Waals surface area contributed by atoms with Gasteiger partial charge in [-0.05, 0) is 30.2 Å². The predicted molar refractivity (Wildman–Crippen MR) is 102 cm³/mol. The summed E-state index contributed by atoms with van der Waals surface area (Å²) < 4.78 is 18.8. The monoisotopic (exact) mass is 396 g/mol.